The quantitative estimate of drug-likeness (QED) is 0.885. The average molecular weight is 261 g/mol. The zero-order valence-electron chi connectivity index (χ0n) is 9.15. The Labute approximate surface area is 100 Å². The molecular formula is C11H10F3NO3. The van der Waals surface area contributed by atoms with Gasteiger partial charge in [0.05, 0.1) is 5.56 Å². The lowest BCUT2D eigenvalue weighted by molar-refractivity contribution is -0.0691. The number of halogens is 3. The first-order chi connectivity index (χ1) is 8.47. The Hall–Kier alpha value is -1.79. The van der Waals surface area contributed by atoms with E-state index >= 15 is 0 Å². The van der Waals surface area contributed by atoms with Crippen LogP contribution >= 0.6 is 0 Å². The van der Waals surface area contributed by atoms with E-state index in [-0.39, 0.29) is 11.5 Å². The highest BCUT2D eigenvalue weighted by Crippen LogP contribution is 2.40. The molecule has 1 fully saturated rings. The minimum Gasteiger partial charge on any atom is -0.478 e. The van der Waals surface area contributed by atoms with Gasteiger partial charge < -0.3 is 9.84 Å². The van der Waals surface area contributed by atoms with Crippen molar-refractivity contribution < 1.29 is 27.8 Å². The first kappa shape index (κ1) is 12.7. The minimum atomic E-state index is -3.30. The van der Waals surface area contributed by atoms with Crippen molar-refractivity contribution in [1.29, 1.82) is 0 Å². The normalized spacial score (nSPS) is 16.7. The van der Waals surface area contributed by atoms with Gasteiger partial charge in [0.15, 0.2) is 0 Å². The predicted octanol–water partition coefficient (Wildman–Crippen LogP) is 2.60. The van der Waals surface area contributed by atoms with E-state index in [0.717, 1.165) is 18.9 Å². The summed E-state index contributed by atoms with van der Waals surface area (Å²) in [7, 11) is 0. The van der Waals surface area contributed by atoms with E-state index in [1.807, 2.05) is 0 Å². The van der Waals surface area contributed by atoms with Crippen LogP contribution in [-0.2, 0) is 0 Å². The Bertz CT molecular complexity index is 463. The summed E-state index contributed by atoms with van der Waals surface area (Å²) in [4.78, 5) is 14.7. The van der Waals surface area contributed by atoms with Crippen molar-refractivity contribution in [2.45, 2.75) is 31.5 Å². The largest absolute Gasteiger partial charge is 0.478 e. The predicted molar refractivity (Wildman–Crippen MR) is 54.7 cm³/mol. The van der Waals surface area contributed by atoms with Crippen molar-refractivity contribution in [2.24, 2.45) is 0 Å². The van der Waals surface area contributed by atoms with Gasteiger partial charge in [0.2, 0.25) is 5.88 Å². The van der Waals surface area contributed by atoms with Crippen molar-refractivity contribution >= 4 is 5.97 Å². The van der Waals surface area contributed by atoms with E-state index < -0.39 is 24.6 Å². The molecule has 1 aromatic heterocycles. The van der Waals surface area contributed by atoms with Gasteiger partial charge in [0.25, 0.3) is 6.36 Å². The number of hydrogen-bond donors (Lipinski definition) is 1. The molecule has 1 aliphatic rings. The SMILES string of the molecule is O=C(O)c1cc(OC(F)C(F)F)nc(C2CC2)c1. The van der Waals surface area contributed by atoms with Crippen LogP contribution in [0, 0.1) is 0 Å². The van der Waals surface area contributed by atoms with E-state index in [4.69, 9.17) is 5.11 Å². The zero-order valence-corrected chi connectivity index (χ0v) is 9.15. The Balaban J connectivity index is 2.25. The Kier molecular flexibility index (Phi) is 3.40. The van der Waals surface area contributed by atoms with Crippen LogP contribution < -0.4 is 4.74 Å². The molecule has 0 aromatic carbocycles. The van der Waals surface area contributed by atoms with Crippen molar-refractivity contribution in [3.05, 3.63) is 23.4 Å². The molecule has 0 spiro atoms. The third-order valence-corrected chi connectivity index (χ3v) is 2.50. The maximum atomic E-state index is 12.7. The third-order valence-electron chi connectivity index (χ3n) is 2.50. The molecule has 1 heterocycles. The Morgan fingerprint density at radius 1 is 1.39 bits per heavy atom. The standard InChI is InChI=1S/C11H10F3NO3/c12-9(13)10(14)18-8-4-6(11(16)17)3-7(15-8)5-1-2-5/h3-5,9-10H,1-2H2,(H,16,17). The highest BCUT2D eigenvalue weighted by Gasteiger charge is 2.28. The molecule has 0 radical (unpaired) electrons. The van der Waals surface area contributed by atoms with Crippen LogP contribution in [0.15, 0.2) is 12.1 Å². The van der Waals surface area contributed by atoms with Crippen LogP contribution in [0.5, 0.6) is 5.88 Å². The fourth-order valence-electron chi connectivity index (χ4n) is 1.46. The fraction of sp³-hybridized carbons (Fsp3) is 0.455. The monoisotopic (exact) mass is 261 g/mol. The molecule has 18 heavy (non-hydrogen) atoms. The summed E-state index contributed by atoms with van der Waals surface area (Å²) in [5.41, 5.74) is 0.287. The summed E-state index contributed by atoms with van der Waals surface area (Å²) in [5.74, 6) is -1.56. The number of ether oxygens (including phenoxy) is 1. The molecule has 1 N–H and O–H groups in total. The number of alkyl halides is 3. The summed E-state index contributed by atoms with van der Waals surface area (Å²) in [6, 6.07) is 2.28. The number of aromatic carboxylic acids is 1. The summed E-state index contributed by atoms with van der Waals surface area (Å²) in [5, 5.41) is 8.85. The van der Waals surface area contributed by atoms with Gasteiger partial charge in [-0.05, 0) is 18.9 Å². The van der Waals surface area contributed by atoms with Crippen molar-refractivity contribution in [3.8, 4) is 5.88 Å². The molecule has 4 nitrogen and oxygen atoms in total. The molecule has 2 rings (SSSR count). The second-order valence-corrected chi connectivity index (χ2v) is 4.00. The smallest absolute Gasteiger partial charge is 0.335 e. The van der Waals surface area contributed by atoms with E-state index in [9.17, 15) is 18.0 Å². The number of rotatable bonds is 5. The molecule has 0 aliphatic heterocycles. The van der Waals surface area contributed by atoms with Crippen LogP contribution in [0.4, 0.5) is 13.2 Å². The van der Waals surface area contributed by atoms with Gasteiger partial charge in [-0.3, -0.25) is 0 Å². The third kappa shape index (κ3) is 2.91. The number of carboxylic acids is 1. The highest BCUT2D eigenvalue weighted by atomic mass is 19.3. The molecule has 7 heteroatoms. The molecule has 0 bridgehead atoms. The van der Waals surface area contributed by atoms with Gasteiger partial charge in [-0.15, -0.1) is 0 Å². The lowest BCUT2D eigenvalue weighted by atomic mass is 10.2. The van der Waals surface area contributed by atoms with Crippen LogP contribution in [-0.4, -0.2) is 28.8 Å². The summed E-state index contributed by atoms with van der Waals surface area (Å²) in [6.07, 6.45) is -4.41. The van der Waals surface area contributed by atoms with Gasteiger partial charge in [0, 0.05) is 17.7 Å². The second-order valence-electron chi connectivity index (χ2n) is 4.00. The first-order valence-corrected chi connectivity index (χ1v) is 5.31. The van der Waals surface area contributed by atoms with Gasteiger partial charge >= 0.3 is 12.4 Å². The maximum absolute atomic E-state index is 12.7. The van der Waals surface area contributed by atoms with Crippen molar-refractivity contribution in [2.75, 3.05) is 0 Å². The van der Waals surface area contributed by atoms with E-state index in [1.54, 1.807) is 0 Å². The Morgan fingerprint density at radius 2 is 2.06 bits per heavy atom. The first-order valence-electron chi connectivity index (χ1n) is 5.31. The summed E-state index contributed by atoms with van der Waals surface area (Å²) >= 11 is 0. The molecular weight excluding hydrogens is 251 g/mol. The van der Waals surface area contributed by atoms with Gasteiger partial charge in [-0.2, -0.15) is 4.39 Å². The minimum absolute atomic E-state index is 0.108. The van der Waals surface area contributed by atoms with Crippen LogP contribution in [0.1, 0.15) is 34.8 Å². The van der Waals surface area contributed by atoms with E-state index in [2.05, 4.69) is 9.72 Å². The lowest BCUT2D eigenvalue weighted by Gasteiger charge is -2.11. The maximum Gasteiger partial charge on any atom is 0.335 e. The number of hydrogen-bond acceptors (Lipinski definition) is 3. The average Bonchev–Trinajstić information content (AvgIpc) is 3.12. The number of pyridine rings is 1. The molecule has 98 valence electrons. The van der Waals surface area contributed by atoms with Crippen molar-refractivity contribution in [3.63, 3.8) is 0 Å². The van der Waals surface area contributed by atoms with E-state index in [0.29, 0.717) is 5.69 Å². The summed E-state index contributed by atoms with van der Waals surface area (Å²) < 4.78 is 41.0. The number of aromatic nitrogens is 1. The van der Waals surface area contributed by atoms with Crippen molar-refractivity contribution in [1.82, 2.24) is 4.98 Å². The number of carboxylic acid groups (broad SMARTS) is 1. The van der Waals surface area contributed by atoms with Crippen LogP contribution in [0.25, 0.3) is 0 Å². The molecule has 1 atom stereocenters. The van der Waals surface area contributed by atoms with Gasteiger partial charge in [-0.25, -0.2) is 18.6 Å². The molecule has 0 saturated heterocycles. The lowest BCUT2D eigenvalue weighted by Crippen LogP contribution is -2.20. The van der Waals surface area contributed by atoms with E-state index in [1.165, 1.54) is 6.07 Å². The second kappa shape index (κ2) is 4.83. The molecule has 1 aromatic rings. The van der Waals surface area contributed by atoms with Gasteiger partial charge in [-0.1, -0.05) is 0 Å². The Morgan fingerprint density at radius 3 is 2.56 bits per heavy atom. The summed E-state index contributed by atoms with van der Waals surface area (Å²) in [6.45, 7) is 0. The molecule has 0 amide bonds. The molecule has 1 saturated carbocycles. The fourth-order valence-corrected chi connectivity index (χ4v) is 1.46. The van der Waals surface area contributed by atoms with Crippen LogP contribution in [0.3, 0.4) is 0 Å². The van der Waals surface area contributed by atoms with Crippen LogP contribution in [0.2, 0.25) is 0 Å². The molecule has 1 unspecified atom stereocenters. The van der Waals surface area contributed by atoms with Gasteiger partial charge in [0.1, 0.15) is 0 Å². The molecule has 1 aliphatic carbocycles. The number of carbonyl (C=O) groups is 1. The number of nitrogens with zero attached hydrogens (tertiary/aromatic N) is 1. The zero-order chi connectivity index (χ0) is 13.3. The topological polar surface area (TPSA) is 59.4 Å². The highest BCUT2D eigenvalue weighted by molar-refractivity contribution is 5.88.